The monoisotopic (exact) mass is 665 g/mol. The zero-order valence-corrected chi connectivity index (χ0v) is 26.0. The average molecular weight is 666 g/mol. The van der Waals surface area contributed by atoms with E-state index in [1.807, 2.05) is 37.2 Å². The molecule has 0 radical (unpaired) electrons. The molecule has 1 aromatic heterocycles. The summed E-state index contributed by atoms with van der Waals surface area (Å²) in [5, 5.41) is 13.5. The lowest BCUT2D eigenvalue weighted by Crippen LogP contribution is -2.30. The summed E-state index contributed by atoms with van der Waals surface area (Å²) in [6.07, 6.45) is 0. The first-order chi connectivity index (χ1) is 20.7. The minimum atomic E-state index is -4.79. The number of amides is 1. The molecule has 234 valence electrons. The summed E-state index contributed by atoms with van der Waals surface area (Å²) < 4.78 is 43.0. The Bertz CT molecular complexity index is 1940. The lowest BCUT2D eigenvalue weighted by atomic mass is 9.95. The van der Waals surface area contributed by atoms with Gasteiger partial charge in [0.1, 0.15) is 5.69 Å². The highest BCUT2D eigenvalue weighted by atomic mass is 35.5. The number of anilines is 1. The number of aromatic amines is 1. The first-order valence-electron chi connectivity index (χ1n) is 13.3. The number of phosphoric acid groups is 1. The lowest BCUT2D eigenvalue weighted by molar-refractivity contribution is -0.383. The Morgan fingerprint density at radius 3 is 2.61 bits per heavy atom. The molecule has 1 unspecified atom stereocenters. The van der Waals surface area contributed by atoms with Crippen molar-refractivity contribution in [1.82, 2.24) is 14.6 Å². The number of carbonyl (C=O) groups excluding carboxylic acids is 1. The summed E-state index contributed by atoms with van der Waals surface area (Å²) >= 11 is 6.33. The Morgan fingerprint density at radius 2 is 1.95 bits per heavy atom. The maximum absolute atomic E-state index is 13.8. The molecule has 0 bridgehead atoms. The van der Waals surface area contributed by atoms with E-state index in [1.54, 1.807) is 6.07 Å². The quantitative estimate of drug-likeness (QED) is 0.0603. The van der Waals surface area contributed by atoms with Crippen molar-refractivity contribution >= 4 is 68.4 Å². The molecule has 1 amide bonds. The molecule has 0 fully saturated rings. The molecule has 0 aliphatic carbocycles. The molecule has 5 rings (SSSR count). The second-order valence-electron chi connectivity index (χ2n) is 10.6. The summed E-state index contributed by atoms with van der Waals surface area (Å²) in [5.41, 5.74) is 2.65. The second-order valence-corrected chi connectivity index (χ2v) is 13.9. The number of sulfonamides is 1. The summed E-state index contributed by atoms with van der Waals surface area (Å²) in [5.74, 6) is -0.676. The predicted octanol–water partition coefficient (Wildman–Crippen LogP) is 3.66. The van der Waals surface area contributed by atoms with Crippen LogP contribution in [0.1, 0.15) is 27.5 Å². The number of carbonyl (C=O) groups is 1. The number of nitrogens with zero attached hydrogens (tertiary/aromatic N) is 3. The number of non-ortho nitro benzene ring substituents is 1. The van der Waals surface area contributed by atoms with Crippen molar-refractivity contribution in [2.45, 2.75) is 17.4 Å². The van der Waals surface area contributed by atoms with Gasteiger partial charge in [0.2, 0.25) is 10.0 Å². The van der Waals surface area contributed by atoms with E-state index in [-0.39, 0.29) is 28.6 Å². The molecular weight excluding hydrogens is 637 g/mol. The second kappa shape index (κ2) is 12.2. The highest BCUT2D eigenvalue weighted by Crippen LogP contribution is 2.46. The van der Waals surface area contributed by atoms with Gasteiger partial charge in [0.25, 0.3) is 11.6 Å². The molecule has 0 saturated carbocycles. The molecular formula is C27H29ClN5O9PS. The molecule has 17 heteroatoms. The number of benzene rings is 3. The van der Waals surface area contributed by atoms with Gasteiger partial charge in [-0.15, -0.1) is 11.6 Å². The molecule has 1 aliphatic rings. The van der Waals surface area contributed by atoms with Crippen molar-refractivity contribution in [3.8, 4) is 0 Å². The van der Waals surface area contributed by atoms with E-state index >= 15 is 0 Å². The van der Waals surface area contributed by atoms with Crippen LogP contribution in [0.5, 0.6) is 0 Å². The number of nitro benzene ring substituents is 1. The SMILES string of the molecule is CN(C)Cc1ccc2[nH]c(C(=O)N3CC(CCl)c4c3cc([N+](=O)[O-])c3cc(S(=O)(=O)NCCOP(=O)(O)O)ccc43)cc2c1. The fourth-order valence-electron chi connectivity index (χ4n) is 5.42. The number of nitrogens with one attached hydrogen (secondary N) is 2. The number of aromatic nitrogens is 1. The van der Waals surface area contributed by atoms with Gasteiger partial charge in [0, 0.05) is 48.4 Å². The molecule has 14 nitrogen and oxygen atoms in total. The van der Waals surface area contributed by atoms with Gasteiger partial charge < -0.3 is 24.6 Å². The number of alkyl halides is 1. The molecule has 0 spiro atoms. The summed E-state index contributed by atoms with van der Waals surface area (Å²) in [7, 11) is -5.09. The Balaban J connectivity index is 1.52. The largest absolute Gasteiger partial charge is 0.469 e. The van der Waals surface area contributed by atoms with Gasteiger partial charge in [-0.25, -0.2) is 17.7 Å². The van der Waals surface area contributed by atoms with Crippen LogP contribution < -0.4 is 9.62 Å². The number of rotatable bonds is 11. The van der Waals surface area contributed by atoms with Crippen molar-refractivity contribution in [3.63, 3.8) is 0 Å². The molecule has 2 heterocycles. The van der Waals surface area contributed by atoms with Crippen molar-refractivity contribution in [1.29, 1.82) is 0 Å². The Labute approximate surface area is 257 Å². The molecule has 44 heavy (non-hydrogen) atoms. The van der Waals surface area contributed by atoms with Crippen LogP contribution in [0.2, 0.25) is 0 Å². The molecule has 4 N–H and O–H groups in total. The van der Waals surface area contributed by atoms with Gasteiger partial charge in [-0.3, -0.25) is 19.4 Å². The van der Waals surface area contributed by atoms with Gasteiger partial charge >= 0.3 is 7.82 Å². The number of phosphoric ester groups is 1. The third kappa shape index (κ3) is 6.50. The van der Waals surface area contributed by atoms with Gasteiger partial charge in [-0.2, -0.15) is 0 Å². The molecule has 1 aliphatic heterocycles. The molecule has 4 aromatic rings. The van der Waals surface area contributed by atoms with E-state index in [4.69, 9.17) is 21.4 Å². The summed E-state index contributed by atoms with van der Waals surface area (Å²) in [6.45, 7) is -0.161. The first kappa shape index (κ1) is 32.0. The fraction of sp³-hybridized carbons (Fsp3) is 0.296. The zero-order valence-electron chi connectivity index (χ0n) is 23.6. The van der Waals surface area contributed by atoms with Crippen LogP contribution in [-0.2, 0) is 25.7 Å². The van der Waals surface area contributed by atoms with Crippen molar-refractivity contribution in [2.24, 2.45) is 0 Å². The summed E-state index contributed by atoms with van der Waals surface area (Å²) in [4.78, 5) is 49.3. The van der Waals surface area contributed by atoms with Crippen LogP contribution in [0.4, 0.5) is 11.4 Å². The van der Waals surface area contributed by atoms with E-state index in [1.165, 1.54) is 23.1 Å². The van der Waals surface area contributed by atoms with Crippen LogP contribution in [0.25, 0.3) is 21.7 Å². The topological polar surface area (TPSA) is 195 Å². The van der Waals surface area contributed by atoms with Gasteiger partial charge in [-0.1, -0.05) is 12.1 Å². The smallest absolute Gasteiger partial charge is 0.351 e. The number of hydrogen-bond donors (Lipinski definition) is 4. The van der Waals surface area contributed by atoms with Crippen molar-refractivity contribution in [2.75, 3.05) is 44.6 Å². The third-order valence-electron chi connectivity index (χ3n) is 7.21. The number of hydrogen-bond acceptors (Lipinski definition) is 8. The van der Waals surface area contributed by atoms with Crippen LogP contribution in [0, 0.1) is 10.1 Å². The minimum Gasteiger partial charge on any atom is -0.351 e. The molecule has 1 atom stereocenters. The van der Waals surface area contributed by atoms with Crippen LogP contribution >= 0.6 is 19.4 Å². The molecule has 3 aromatic carbocycles. The maximum Gasteiger partial charge on any atom is 0.469 e. The van der Waals surface area contributed by atoms with Crippen molar-refractivity contribution < 1.29 is 37.0 Å². The molecule has 0 saturated heterocycles. The third-order valence-corrected chi connectivity index (χ3v) is 9.57. The van der Waals surface area contributed by atoms with Gasteiger partial charge in [0.15, 0.2) is 0 Å². The number of halogens is 1. The predicted molar refractivity (Wildman–Crippen MR) is 165 cm³/mol. The maximum atomic E-state index is 13.8. The zero-order chi connectivity index (χ0) is 32.0. The Hall–Kier alpha value is -3.40. The fourth-order valence-corrected chi connectivity index (χ4v) is 7.04. The van der Waals surface area contributed by atoms with Crippen LogP contribution in [0.15, 0.2) is 53.4 Å². The highest BCUT2D eigenvalue weighted by molar-refractivity contribution is 7.89. The van der Waals surface area contributed by atoms with E-state index in [0.717, 1.165) is 29.1 Å². The Morgan fingerprint density at radius 1 is 1.20 bits per heavy atom. The number of H-pyrrole nitrogens is 1. The van der Waals surface area contributed by atoms with Gasteiger partial charge in [-0.05, 0) is 60.9 Å². The highest BCUT2D eigenvalue weighted by Gasteiger charge is 2.37. The van der Waals surface area contributed by atoms with E-state index < -0.39 is 47.5 Å². The first-order valence-corrected chi connectivity index (χ1v) is 16.8. The van der Waals surface area contributed by atoms with E-state index in [9.17, 15) is 27.9 Å². The van der Waals surface area contributed by atoms with Crippen LogP contribution in [-0.4, -0.2) is 78.6 Å². The van der Waals surface area contributed by atoms with E-state index in [2.05, 4.69) is 14.2 Å². The number of nitro groups is 1. The van der Waals surface area contributed by atoms with Gasteiger partial charge in [0.05, 0.1) is 27.5 Å². The normalized spacial score (nSPS) is 15.4. The average Bonchev–Trinajstić information content (AvgIpc) is 3.54. The lowest BCUT2D eigenvalue weighted by Gasteiger charge is -2.17. The standard InChI is InChI=1S/C27H29ClN5O9PS/c1-31(2)14-16-3-6-22-17(9-16)10-23(30-22)27(34)32-15-18(13-28)26-20-5-4-19(11-21(20)24(33(35)36)12-25(26)32)44(40,41)29-7-8-42-43(37,38)39/h3-6,9-12,18,29-30H,7-8,13-15H2,1-2H3,(H2,37,38,39). The Kier molecular flexibility index (Phi) is 8.86. The number of fused-ring (bicyclic) bond motifs is 4. The van der Waals surface area contributed by atoms with Crippen LogP contribution in [0.3, 0.4) is 0 Å². The minimum absolute atomic E-state index is 0.0338. The summed E-state index contributed by atoms with van der Waals surface area (Å²) in [6, 6.07) is 12.7. The van der Waals surface area contributed by atoms with E-state index in [0.29, 0.717) is 22.3 Å². The van der Waals surface area contributed by atoms with Crippen molar-refractivity contribution in [3.05, 3.63) is 75.5 Å².